The van der Waals surface area contributed by atoms with Crippen LogP contribution in [0.15, 0.2) is 48.9 Å². The summed E-state index contributed by atoms with van der Waals surface area (Å²) < 4.78 is 1.78. The fraction of sp³-hybridized carbons (Fsp3) is 0.360. The van der Waals surface area contributed by atoms with Crippen LogP contribution in [-0.2, 0) is 11.3 Å². The molecule has 2 fully saturated rings. The lowest BCUT2D eigenvalue weighted by Crippen LogP contribution is -2.43. The summed E-state index contributed by atoms with van der Waals surface area (Å²) in [5, 5.41) is 8.56. The Hall–Kier alpha value is -2.90. The van der Waals surface area contributed by atoms with Gasteiger partial charge in [-0.25, -0.2) is 4.68 Å². The normalized spacial score (nSPS) is 16.5. The number of hydrogen-bond acceptors (Lipinski definition) is 4. The van der Waals surface area contributed by atoms with Gasteiger partial charge in [0.1, 0.15) is 0 Å². The van der Waals surface area contributed by atoms with Gasteiger partial charge < -0.3 is 10.2 Å². The molecule has 1 aromatic carbocycles. The first kappa shape index (κ1) is 22.9. The molecule has 2 aromatic heterocycles. The van der Waals surface area contributed by atoms with Crippen LogP contribution in [0.1, 0.15) is 53.2 Å². The summed E-state index contributed by atoms with van der Waals surface area (Å²) in [6, 6.07) is 9.07. The summed E-state index contributed by atoms with van der Waals surface area (Å²) in [5.74, 6) is 0.190. The molecule has 0 unspecified atom stereocenters. The van der Waals surface area contributed by atoms with Crippen LogP contribution in [0, 0.1) is 5.92 Å². The highest BCUT2D eigenvalue weighted by Crippen LogP contribution is 2.43. The summed E-state index contributed by atoms with van der Waals surface area (Å²) >= 11 is 12.5. The number of rotatable bonds is 6. The number of nitrogens with zero attached hydrogens (tertiary/aromatic N) is 4. The van der Waals surface area contributed by atoms with Gasteiger partial charge in [-0.15, -0.1) is 0 Å². The van der Waals surface area contributed by atoms with E-state index in [-0.39, 0.29) is 17.7 Å². The van der Waals surface area contributed by atoms with Crippen LogP contribution >= 0.6 is 23.2 Å². The van der Waals surface area contributed by atoms with E-state index in [0.29, 0.717) is 54.0 Å². The smallest absolute Gasteiger partial charge is 0.257 e. The van der Waals surface area contributed by atoms with Crippen molar-refractivity contribution in [1.82, 2.24) is 25.0 Å². The van der Waals surface area contributed by atoms with E-state index < -0.39 is 0 Å². The Labute approximate surface area is 208 Å². The fourth-order valence-corrected chi connectivity index (χ4v) is 4.96. The van der Waals surface area contributed by atoms with Crippen molar-refractivity contribution in [2.75, 3.05) is 13.1 Å². The predicted octanol–water partition coefficient (Wildman–Crippen LogP) is 4.62. The van der Waals surface area contributed by atoms with Crippen molar-refractivity contribution in [3.63, 3.8) is 0 Å². The summed E-state index contributed by atoms with van der Waals surface area (Å²) in [5.41, 5.74) is 3.21. The Morgan fingerprint density at radius 2 is 1.85 bits per heavy atom. The van der Waals surface area contributed by atoms with Gasteiger partial charge in [-0.3, -0.25) is 14.6 Å². The number of hydrogen-bond donors (Lipinski definition) is 1. The number of amides is 2. The van der Waals surface area contributed by atoms with E-state index in [1.54, 1.807) is 35.4 Å². The second-order valence-electron chi connectivity index (χ2n) is 8.87. The zero-order valence-electron chi connectivity index (χ0n) is 18.6. The van der Waals surface area contributed by atoms with Crippen LogP contribution in [0.25, 0.3) is 5.69 Å². The van der Waals surface area contributed by atoms with Crippen molar-refractivity contribution in [1.29, 1.82) is 0 Å². The SMILES string of the molecule is O=C(NCc1cccnc1)C1CCN(C(=O)c2cnn(-c3ccc(Cl)cc3Cl)c2C2CC2)CC1. The minimum atomic E-state index is -0.0979. The van der Waals surface area contributed by atoms with Gasteiger partial charge in [-0.05, 0) is 55.5 Å². The minimum absolute atomic E-state index is 0.0276. The predicted molar refractivity (Wildman–Crippen MR) is 130 cm³/mol. The number of carbonyl (C=O) groups excluding carboxylic acids is 2. The average Bonchev–Trinajstić information content (AvgIpc) is 3.61. The molecule has 5 rings (SSSR count). The molecule has 1 aliphatic carbocycles. The van der Waals surface area contributed by atoms with Crippen LogP contribution in [0.2, 0.25) is 10.0 Å². The summed E-state index contributed by atoms with van der Waals surface area (Å²) in [6.45, 7) is 1.55. The molecule has 34 heavy (non-hydrogen) atoms. The first-order chi connectivity index (χ1) is 16.5. The zero-order valence-corrected chi connectivity index (χ0v) is 20.1. The molecule has 7 nitrogen and oxygen atoms in total. The number of nitrogens with one attached hydrogen (secondary N) is 1. The first-order valence-corrected chi connectivity index (χ1v) is 12.3. The highest BCUT2D eigenvalue weighted by Gasteiger charge is 2.36. The van der Waals surface area contributed by atoms with E-state index in [1.165, 1.54) is 0 Å². The molecule has 2 amide bonds. The molecule has 176 valence electrons. The van der Waals surface area contributed by atoms with E-state index in [9.17, 15) is 9.59 Å². The molecule has 9 heteroatoms. The van der Waals surface area contributed by atoms with Gasteiger partial charge in [0.2, 0.25) is 5.91 Å². The summed E-state index contributed by atoms with van der Waals surface area (Å²) in [6.07, 6.45) is 8.43. The molecule has 1 N–H and O–H groups in total. The van der Waals surface area contributed by atoms with Gasteiger partial charge in [-0.2, -0.15) is 5.10 Å². The molecular weight excluding hydrogens is 473 g/mol. The van der Waals surface area contributed by atoms with Crippen molar-refractivity contribution in [3.05, 3.63) is 75.8 Å². The number of benzene rings is 1. The van der Waals surface area contributed by atoms with Gasteiger partial charge in [0.15, 0.2) is 0 Å². The Balaban J connectivity index is 1.25. The van der Waals surface area contributed by atoms with Crippen molar-refractivity contribution in [2.24, 2.45) is 5.92 Å². The van der Waals surface area contributed by atoms with E-state index in [0.717, 1.165) is 29.8 Å². The molecule has 0 bridgehead atoms. The van der Waals surface area contributed by atoms with Crippen molar-refractivity contribution in [2.45, 2.75) is 38.1 Å². The standard InChI is InChI=1S/C25H25Cl2N5O2/c26-19-5-6-22(21(27)12-19)32-23(17-3-4-17)20(15-30-32)25(34)31-10-7-18(8-11-31)24(33)29-14-16-2-1-9-28-13-16/h1-2,5-6,9,12-13,15,17-18H,3-4,7-8,10-11,14H2,(H,29,33). The molecule has 0 radical (unpaired) electrons. The number of piperidine rings is 1. The third-order valence-corrected chi connectivity index (χ3v) is 7.02. The van der Waals surface area contributed by atoms with Gasteiger partial charge in [0.05, 0.1) is 28.2 Å². The van der Waals surface area contributed by atoms with Gasteiger partial charge in [0, 0.05) is 48.9 Å². The maximum absolute atomic E-state index is 13.4. The summed E-state index contributed by atoms with van der Waals surface area (Å²) in [4.78, 5) is 32.0. The Kier molecular flexibility index (Phi) is 6.57. The molecule has 0 spiro atoms. The topological polar surface area (TPSA) is 80.1 Å². The molecule has 2 aliphatic rings. The quantitative estimate of drug-likeness (QED) is 0.538. The molecule has 3 heterocycles. The van der Waals surface area contributed by atoms with E-state index in [4.69, 9.17) is 23.2 Å². The number of pyridine rings is 1. The lowest BCUT2D eigenvalue weighted by molar-refractivity contribution is -0.126. The van der Waals surface area contributed by atoms with E-state index in [1.807, 2.05) is 23.1 Å². The lowest BCUT2D eigenvalue weighted by atomic mass is 9.95. The molecule has 1 saturated carbocycles. The van der Waals surface area contributed by atoms with Gasteiger partial charge in [-0.1, -0.05) is 29.3 Å². The Morgan fingerprint density at radius 1 is 1.06 bits per heavy atom. The minimum Gasteiger partial charge on any atom is -0.352 e. The second kappa shape index (κ2) is 9.76. The van der Waals surface area contributed by atoms with Gasteiger partial charge >= 0.3 is 0 Å². The third kappa shape index (κ3) is 4.81. The largest absolute Gasteiger partial charge is 0.352 e. The van der Waals surface area contributed by atoms with Crippen LogP contribution in [0.3, 0.4) is 0 Å². The molecule has 3 aromatic rings. The van der Waals surface area contributed by atoms with Crippen LogP contribution < -0.4 is 5.32 Å². The van der Waals surface area contributed by atoms with Crippen LogP contribution in [0.4, 0.5) is 0 Å². The Morgan fingerprint density at radius 3 is 2.53 bits per heavy atom. The number of aromatic nitrogens is 3. The summed E-state index contributed by atoms with van der Waals surface area (Å²) in [7, 11) is 0. The molecule has 0 atom stereocenters. The zero-order chi connectivity index (χ0) is 23.7. The van der Waals surface area contributed by atoms with Gasteiger partial charge in [0.25, 0.3) is 5.91 Å². The third-order valence-electron chi connectivity index (χ3n) is 6.48. The van der Waals surface area contributed by atoms with Crippen LogP contribution in [-0.4, -0.2) is 44.6 Å². The molecular formula is C25H25Cl2N5O2. The number of likely N-dealkylation sites (tertiary alicyclic amines) is 1. The van der Waals surface area contributed by atoms with Crippen molar-refractivity contribution in [3.8, 4) is 5.69 Å². The number of carbonyl (C=O) groups is 2. The van der Waals surface area contributed by atoms with Crippen LogP contribution in [0.5, 0.6) is 0 Å². The number of halogens is 2. The fourth-order valence-electron chi connectivity index (χ4n) is 4.47. The van der Waals surface area contributed by atoms with Crippen molar-refractivity contribution >= 4 is 35.0 Å². The molecule has 1 aliphatic heterocycles. The molecule has 1 saturated heterocycles. The Bertz CT molecular complexity index is 1200. The average molecular weight is 498 g/mol. The van der Waals surface area contributed by atoms with Crippen molar-refractivity contribution < 1.29 is 9.59 Å². The second-order valence-corrected chi connectivity index (χ2v) is 9.71. The lowest BCUT2D eigenvalue weighted by Gasteiger charge is -2.31. The maximum atomic E-state index is 13.4. The van der Waals surface area contributed by atoms with E-state index in [2.05, 4.69) is 15.4 Å². The first-order valence-electron chi connectivity index (χ1n) is 11.5. The maximum Gasteiger partial charge on any atom is 0.257 e. The highest BCUT2D eigenvalue weighted by atomic mass is 35.5. The highest BCUT2D eigenvalue weighted by molar-refractivity contribution is 6.35. The van der Waals surface area contributed by atoms with E-state index >= 15 is 0 Å². The monoisotopic (exact) mass is 497 g/mol.